The van der Waals surface area contributed by atoms with Crippen LogP contribution in [0.25, 0.3) is 0 Å². The van der Waals surface area contributed by atoms with Crippen LogP contribution in [0.1, 0.15) is 30.6 Å². The molecule has 108 valence electrons. The van der Waals surface area contributed by atoms with Crippen molar-refractivity contribution in [3.8, 4) is 5.75 Å². The van der Waals surface area contributed by atoms with E-state index >= 15 is 0 Å². The van der Waals surface area contributed by atoms with Gasteiger partial charge in [-0.25, -0.2) is 0 Å². The number of nitrogens with one attached hydrogen (secondary N) is 1. The minimum atomic E-state index is -0.123. The Morgan fingerprint density at radius 1 is 1.45 bits per heavy atom. The molecule has 0 aliphatic heterocycles. The molecule has 2 aromatic heterocycles. The molecule has 1 atom stereocenters. The zero-order valence-electron chi connectivity index (χ0n) is 11.3. The van der Waals surface area contributed by atoms with Gasteiger partial charge in [-0.2, -0.15) is 0 Å². The van der Waals surface area contributed by atoms with Crippen LogP contribution < -0.4 is 10.1 Å². The first kappa shape index (κ1) is 15.6. The van der Waals surface area contributed by atoms with Crippen LogP contribution in [-0.2, 0) is 0 Å². The summed E-state index contributed by atoms with van der Waals surface area (Å²) in [7, 11) is 1.64. The van der Waals surface area contributed by atoms with E-state index in [9.17, 15) is 0 Å². The fraction of sp³-hybridized carbons (Fsp3) is 0.357. The second-order valence-electron chi connectivity index (χ2n) is 4.26. The predicted molar refractivity (Wildman–Crippen MR) is 85.3 cm³/mol. The Bertz CT molecular complexity index is 574. The fourth-order valence-electron chi connectivity index (χ4n) is 1.98. The van der Waals surface area contributed by atoms with Crippen LogP contribution >= 0.6 is 34.5 Å². The molecular weight excluding hydrogens is 315 g/mol. The number of hydrogen-bond donors (Lipinski definition) is 1. The lowest BCUT2D eigenvalue weighted by Crippen LogP contribution is -2.24. The highest BCUT2D eigenvalue weighted by Gasteiger charge is 2.23. The van der Waals surface area contributed by atoms with E-state index in [1.807, 2.05) is 18.2 Å². The Hall–Kier alpha value is -0.810. The van der Waals surface area contributed by atoms with Crippen LogP contribution in [0.4, 0.5) is 0 Å². The second-order valence-corrected chi connectivity index (χ2v) is 6.54. The number of methoxy groups -OCH3 is 1. The van der Waals surface area contributed by atoms with E-state index in [1.165, 1.54) is 11.3 Å². The van der Waals surface area contributed by atoms with Gasteiger partial charge >= 0.3 is 0 Å². The lowest BCUT2D eigenvalue weighted by atomic mass is 10.1. The molecule has 3 nitrogen and oxygen atoms in total. The molecule has 0 saturated carbocycles. The van der Waals surface area contributed by atoms with Crippen LogP contribution in [0.15, 0.2) is 24.4 Å². The van der Waals surface area contributed by atoms with Gasteiger partial charge in [0.25, 0.3) is 0 Å². The summed E-state index contributed by atoms with van der Waals surface area (Å²) < 4.78 is 6.75. The van der Waals surface area contributed by atoms with Crippen LogP contribution in [0, 0.1) is 0 Å². The molecule has 2 aromatic rings. The van der Waals surface area contributed by atoms with Gasteiger partial charge in [-0.15, -0.1) is 11.3 Å². The van der Waals surface area contributed by atoms with Gasteiger partial charge in [0, 0.05) is 11.8 Å². The monoisotopic (exact) mass is 330 g/mol. The molecule has 0 saturated heterocycles. The average molecular weight is 331 g/mol. The van der Waals surface area contributed by atoms with Gasteiger partial charge < -0.3 is 10.1 Å². The highest BCUT2D eigenvalue weighted by atomic mass is 35.5. The van der Waals surface area contributed by atoms with Crippen molar-refractivity contribution in [2.24, 2.45) is 0 Å². The van der Waals surface area contributed by atoms with Gasteiger partial charge in [0.2, 0.25) is 0 Å². The van der Waals surface area contributed by atoms with E-state index in [1.54, 1.807) is 13.3 Å². The second kappa shape index (κ2) is 7.27. The maximum Gasteiger partial charge on any atom is 0.142 e. The summed E-state index contributed by atoms with van der Waals surface area (Å²) in [4.78, 5) is 4.44. The van der Waals surface area contributed by atoms with Crippen molar-refractivity contribution in [1.82, 2.24) is 10.3 Å². The smallest absolute Gasteiger partial charge is 0.142 e. The van der Waals surface area contributed by atoms with Crippen molar-refractivity contribution in [2.75, 3.05) is 13.7 Å². The standard InChI is InChI=1S/C14H16Cl2N2OS/c1-3-6-17-12(9-8-11(15)20-14(9)16)13-10(19-2)5-4-7-18-13/h4-5,7-8,12,17H,3,6H2,1-2H3. The number of pyridine rings is 1. The third kappa shape index (κ3) is 3.44. The molecule has 0 spiro atoms. The Morgan fingerprint density at radius 2 is 2.25 bits per heavy atom. The van der Waals surface area contributed by atoms with Crippen LogP contribution in [0.2, 0.25) is 8.67 Å². The molecule has 0 fully saturated rings. The van der Waals surface area contributed by atoms with Crippen molar-refractivity contribution in [3.05, 3.63) is 44.3 Å². The lowest BCUT2D eigenvalue weighted by molar-refractivity contribution is 0.400. The number of ether oxygens (including phenoxy) is 1. The number of aromatic nitrogens is 1. The van der Waals surface area contributed by atoms with Gasteiger partial charge in [-0.1, -0.05) is 30.1 Å². The molecule has 1 N–H and O–H groups in total. The van der Waals surface area contributed by atoms with Gasteiger partial charge in [-0.05, 0) is 31.2 Å². The minimum absolute atomic E-state index is 0.123. The molecule has 2 heterocycles. The van der Waals surface area contributed by atoms with E-state index in [2.05, 4.69) is 17.2 Å². The maximum atomic E-state index is 6.29. The summed E-state index contributed by atoms with van der Waals surface area (Å²) in [5.41, 5.74) is 1.76. The predicted octanol–water partition coefficient (Wildman–Crippen LogP) is 4.55. The third-order valence-electron chi connectivity index (χ3n) is 2.89. The minimum Gasteiger partial charge on any atom is -0.495 e. The molecule has 1 unspecified atom stereocenters. The Kier molecular flexibility index (Phi) is 5.66. The Balaban J connectivity index is 2.44. The summed E-state index contributed by atoms with van der Waals surface area (Å²) in [6.45, 7) is 2.97. The summed E-state index contributed by atoms with van der Waals surface area (Å²) in [5, 5.41) is 3.45. The van der Waals surface area contributed by atoms with Crippen molar-refractivity contribution in [3.63, 3.8) is 0 Å². The molecule has 0 bridgehead atoms. The zero-order valence-corrected chi connectivity index (χ0v) is 13.6. The normalized spacial score (nSPS) is 12.4. The molecule has 0 aliphatic rings. The molecule has 0 radical (unpaired) electrons. The molecule has 2 rings (SSSR count). The quantitative estimate of drug-likeness (QED) is 0.843. The zero-order chi connectivity index (χ0) is 14.5. The van der Waals surface area contributed by atoms with Gasteiger partial charge in [0.05, 0.1) is 21.8 Å². The number of nitrogens with zero attached hydrogens (tertiary/aromatic N) is 1. The lowest BCUT2D eigenvalue weighted by Gasteiger charge is -2.19. The first-order valence-electron chi connectivity index (χ1n) is 6.34. The number of thiophene rings is 1. The molecule has 0 amide bonds. The molecule has 20 heavy (non-hydrogen) atoms. The summed E-state index contributed by atoms with van der Waals surface area (Å²) in [5.74, 6) is 0.736. The summed E-state index contributed by atoms with van der Waals surface area (Å²) in [6.07, 6.45) is 2.77. The van der Waals surface area contributed by atoms with Crippen LogP contribution in [0.5, 0.6) is 5.75 Å². The van der Waals surface area contributed by atoms with E-state index in [4.69, 9.17) is 27.9 Å². The Labute approximate surface area is 132 Å². The van der Waals surface area contributed by atoms with Crippen molar-refractivity contribution in [1.29, 1.82) is 0 Å². The van der Waals surface area contributed by atoms with Crippen LogP contribution in [0.3, 0.4) is 0 Å². The summed E-state index contributed by atoms with van der Waals surface area (Å²) in [6, 6.07) is 5.50. The van der Waals surface area contributed by atoms with Gasteiger partial charge in [0.1, 0.15) is 11.4 Å². The van der Waals surface area contributed by atoms with E-state index in [-0.39, 0.29) is 6.04 Å². The number of hydrogen-bond acceptors (Lipinski definition) is 4. The van der Waals surface area contributed by atoms with Gasteiger partial charge in [0.15, 0.2) is 0 Å². The van der Waals surface area contributed by atoms with Crippen molar-refractivity contribution < 1.29 is 4.74 Å². The van der Waals surface area contributed by atoms with E-state index in [0.717, 1.165) is 30.0 Å². The summed E-state index contributed by atoms with van der Waals surface area (Å²) >= 11 is 13.7. The first-order valence-corrected chi connectivity index (χ1v) is 7.91. The van der Waals surface area contributed by atoms with Crippen molar-refractivity contribution in [2.45, 2.75) is 19.4 Å². The topological polar surface area (TPSA) is 34.2 Å². The van der Waals surface area contributed by atoms with E-state index in [0.29, 0.717) is 8.67 Å². The maximum absolute atomic E-state index is 6.29. The molecular formula is C14H16Cl2N2OS. The SMILES string of the molecule is CCCNC(c1cc(Cl)sc1Cl)c1ncccc1OC. The van der Waals surface area contributed by atoms with Crippen molar-refractivity contribution >= 4 is 34.5 Å². The third-order valence-corrected chi connectivity index (χ3v) is 4.40. The molecule has 0 aliphatic carbocycles. The Morgan fingerprint density at radius 3 is 2.85 bits per heavy atom. The largest absolute Gasteiger partial charge is 0.495 e. The van der Waals surface area contributed by atoms with Crippen LogP contribution in [-0.4, -0.2) is 18.6 Å². The van der Waals surface area contributed by atoms with Gasteiger partial charge in [-0.3, -0.25) is 4.98 Å². The highest BCUT2D eigenvalue weighted by molar-refractivity contribution is 7.20. The fourth-order valence-corrected chi connectivity index (χ4v) is 3.52. The molecule has 0 aromatic carbocycles. The number of halogens is 2. The van der Waals surface area contributed by atoms with E-state index < -0.39 is 0 Å². The highest BCUT2D eigenvalue weighted by Crippen LogP contribution is 2.38. The average Bonchev–Trinajstić information content (AvgIpc) is 2.79. The molecule has 6 heteroatoms. The first-order chi connectivity index (χ1) is 9.67. The number of rotatable bonds is 6.